The molecule has 0 aromatic rings. The van der Waals surface area contributed by atoms with E-state index in [2.05, 4.69) is 33.9 Å². The van der Waals surface area contributed by atoms with Gasteiger partial charge in [-0.15, -0.1) is 0 Å². The van der Waals surface area contributed by atoms with Gasteiger partial charge in [0.05, 0.1) is 0 Å². The molecule has 0 aliphatic heterocycles. The third-order valence-corrected chi connectivity index (χ3v) is 9.34. The van der Waals surface area contributed by atoms with Crippen LogP contribution in [0.15, 0.2) is 0 Å². The van der Waals surface area contributed by atoms with Gasteiger partial charge in [-0.3, -0.25) is 4.21 Å². The normalized spacial score (nSPS) is 14.9. The Bertz CT molecular complexity index is 236. The van der Waals surface area contributed by atoms with Gasteiger partial charge in [-0.1, -0.05) is 20.8 Å². The van der Waals surface area contributed by atoms with Crippen molar-refractivity contribution in [2.75, 3.05) is 24.7 Å². The van der Waals surface area contributed by atoms with Gasteiger partial charge in [0.15, 0.2) is 8.32 Å². The monoisotopic (exact) mass is 280 g/mol. The Balaban J connectivity index is 3.75. The Hall–Kier alpha value is 0.287. The predicted octanol–water partition coefficient (Wildman–Crippen LogP) is 2.53. The predicted molar refractivity (Wildman–Crippen MR) is 77.3 cm³/mol. The van der Waals surface area contributed by atoms with Gasteiger partial charge < -0.3 is 9.53 Å². The van der Waals surface area contributed by atoms with Crippen molar-refractivity contribution in [1.29, 1.82) is 0 Å². The minimum absolute atomic E-state index is 0.131. The zero-order valence-corrected chi connectivity index (χ0v) is 13.7. The van der Waals surface area contributed by atoms with E-state index in [1.807, 2.05) is 0 Å². The minimum Gasteiger partial charge on any atom is -0.417 e. The third kappa shape index (κ3) is 7.34. The van der Waals surface area contributed by atoms with Gasteiger partial charge in [-0.05, 0) is 31.0 Å². The number of hydrogen-bond acceptors (Lipinski definition) is 3. The smallest absolute Gasteiger partial charge is 0.191 e. The van der Waals surface area contributed by atoms with Gasteiger partial charge in [0, 0.05) is 35.5 Å². The molecule has 0 heterocycles. The lowest BCUT2D eigenvalue weighted by atomic mass is 10.2. The van der Waals surface area contributed by atoms with Crippen molar-refractivity contribution in [1.82, 2.24) is 0 Å². The molecule has 3 nitrogen and oxygen atoms in total. The molecule has 1 unspecified atom stereocenters. The highest BCUT2D eigenvalue weighted by Gasteiger charge is 2.36. The van der Waals surface area contributed by atoms with Gasteiger partial charge in [-0.2, -0.15) is 0 Å². The van der Waals surface area contributed by atoms with Crippen LogP contribution in [0.25, 0.3) is 0 Å². The fourth-order valence-corrected chi connectivity index (χ4v) is 3.27. The topological polar surface area (TPSA) is 46.5 Å². The van der Waals surface area contributed by atoms with E-state index in [-0.39, 0.29) is 11.6 Å². The Morgan fingerprint density at radius 2 is 1.71 bits per heavy atom. The van der Waals surface area contributed by atoms with Crippen LogP contribution in [-0.4, -0.2) is 42.4 Å². The fraction of sp³-hybridized carbons (Fsp3) is 1.00. The maximum Gasteiger partial charge on any atom is 0.191 e. The highest BCUT2D eigenvalue weighted by molar-refractivity contribution is 7.84. The summed E-state index contributed by atoms with van der Waals surface area (Å²) in [4.78, 5) is 0. The summed E-state index contributed by atoms with van der Waals surface area (Å²) >= 11 is 0. The van der Waals surface area contributed by atoms with Crippen LogP contribution >= 0.6 is 0 Å². The van der Waals surface area contributed by atoms with E-state index >= 15 is 0 Å². The van der Waals surface area contributed by atoms with E-state index < -0.39 is 19.1 Å². The summed E-state index contributed by atoms with van der Waals surface area (Å²) in [5.41, 5.74) is 0. The van der Waals surface area contributed by atoms with E-state index in [0.717, 1.165) is 6.42 Å². The summed E-state index contributed by atoms with van der Waals surface area (Å²) in [6.45, 7) is 12.0. The zero-order valence-electron chi connectivity index (χ0n) is 11.9. The number of rotatable bonds is 8. The molecule has 0 aliphatic carbocycles. The van der Waals surface area contributed by atoms with E-state index in [9.17, 15) is 4.21 Å². The highest BCUT2D eigenvalue weighted by atomic mass is 32.2. The van der Waals surface area contributed by atoms with Crippen LogP contribution in [0.3, 0.4) is 0 Å². The summed E-state index contributed by atoms with van der Waals surface area (Å²) in [6, 6.07) is 0. The lowest BCUT2D eigenvalue weighted by Crippen LogP contribution is -2.41. The first-order valence-corrected chi connectivity index (χ1v) is 10.7. The molecular weight excluding hydrogens is 252 g/mol. The molecule has 0 saturated heterocycles. The molecule has 0 radical (unpaired) electrons. The first kappa shape index (κ1) is 17.3. The van der Waals surface area contributed by atoms with Crippen LogP contribution in [0.5, 0.6) is 0 Å². The standard InChI is InChI=1S/C12H28O3SSi/c1-12(2,3)17(4,5)15-9-7-11-16(14)10-6-8-13/h13H,6-11H2,1-5H3. The van der Waals surface area contributed by atoms with Crippen LogP contribution in [0.4, 0.5) is 0 Å². The zero-order chi connectivity index (χ0) is 13.5. The maximum absolute atomic E-state index is 11.5. The lowest BCUT2D eigenvalue weighted by molar-refractivity contribution is 0.288. The van der Waals surface area contributed by atoms with E-state index in [1.165, 1.54) is 0 Å². The van der Waals surface area contributed by atoms with Gasteiger partial charge in [0.1, 0.15) is 0 Å². The van der Waals surface area contributed by atoms with Crippen molar-refractivity contribution in [3.63, 3.8) is 0 Å². The third-order valence-electron chi connectivity index (χ3n) is 3.32. The van der Waals surface area contributed by atoms with E-state index in [4.69, 9.17) is 9.53 Å². The number of aliphatic hydroxyl groups excluding tert-OH is 1. The molecule has 0 amide bonds. The fourth-order valence-electron chi connectivity index (χ4n) is 1.09. The molecule has 0 rings (SSSR count). The molecule has 0 aliphatic rings. The molecule has 0 spiro atoms. The molecule has 1 atom stereocenters. The molecular formula is C12H28O3SSi. The first-order chi connectivity index (χ1) is 7.70. The molecule has 0 fully saturated rings. The first-order valence-electron chi connectivity index (χ1n) is 6.30. The molecule has 0 saturated carbocycles. The van der Waals surface area contributed by atoms with Gasteiger partial charge >= 0.3 is 0 Å². The van der Waals surface area contributed by atoms with Crippen molar-refractivity contribution < 1.29 is 13.7 Å². The summed E-state index contributed by atoms with van der Waals surface area (Å²) < 4.78 is 17.5. The molecule has 0 aromatic carbocycles. The minimum atomic E-state index is -1.64. The van der Waals surface area contributed by atoms with Crippen LogP contribution in [-0.2, 0) is 15.2 Å². The van der Waals surface area contributed by atoms with E-state index in [0.29, 0.717) is 24.5 Å². The van der Waals surface area contributed by atoms with Crippen LogP contribution < -0.4 is 0 Å². The summed E-state index contributed by atoms with van der Waals surface area (Å²) in [7, 11) is -2.44. The second-order valence-corrected chi connectivity index (χ2v) is 12.4. The average Bonchev–Trinajstić information content (AvgIpc) is 2.20. The van der Waals surface area contributed by atoms with Crippen molar-refractivity contribution in [2.45, 2.75) is 51.7 Å². The van der Waals surface area contributed by atoms with Crippen molar-refractivity contribution in [2.24, 2.45) is 0 Å². The number of aliphatic hydroxyl groups is 1. The molecule has 0 bridgehead atoms. The summed E-state index contributed by atoms with van der Waals surface area (Å²) in [5.74, 6) is 1.30. The second-order valence-electron chi connectivity index (χ2n) is 5.89. The summed E-state index contributed by atoms with van der Waals surface area (Å²) in [5, 5.41) is 8.87. The Labute approximate surface area is 110 Å². The molecule has 17 heavy (non-hydrogen) atoms. The van der Waals surface area contributed by atoms with Crippen LogP contribution in [0.2, 0.25) is 18.1 Å². The molecule has 5 heteroatoms. The van der Waals surface area contributed by atoms with Gasteiger partial charge in [-0.25, -0.2) is 0 Å². The van der Waals surface area contributed by atoms with Crippen molar-refractivity contribution in [3.8, 4) is 0 Å². The van der Waals surface area contributed by atoms with Crippen LogP contribution in [0.1, 0.15) is 33.6 Å². The quantitative estimate of drug-likeness (QED) is 0.549. The Morgan fingerprint density at radius 3 is 2.18 bits per heavy atom. The van der Waals surface area contributed by atoms with Crippen molar-refractivity contribution >= 4 is 19.1 Å². The Morgan fingerprint density at radius 1 is 1.18 bits per heavy atom. The molecule has 1 N–H and O–H groups in total. The second kappa shape index (κ2) is 7.66. The SMILES string of the molecule is CC(C)(C)[Si](C)(C)OCCCS(=O)CCCO. The maximum atomic E-state index is 11.5. The largest absolute Gasteiger partial charge is 0.417 e. The Kier molecular flexibility index (Phi) is 7.79. The van der Waals surface area contributed by atoms with Gasteiger partial charge in [0.2, 0.25) is 0 Å². The molecule has 104 valence electrons. The van der Waals surface area contributed by atoms with Gasteiger partial charge in [0.25, 0.3) is 0 Å². The number of hydrogen-bond donors (Lipinski definition) is 1. The van der Waals surface area contributed by atoms with E-state index in [1.54, 1.807) is 0 Å². The summed E-state index contributed by atoms with van der Waals surface area (Å²) in [6.07, 6.45) is 1.49. The average molecular weight is 281 g/mol. The van der Waals surface area contributed by atoms with Crippen LogP contribution in [0, 0.1) is 0 Å². The highest BCUT2D eigenvalue weighted by Crippen LogP contribution is 2.36. The van der Waals surface area contributed by atoms with Crippen molar-refractivity contribution in [3.05, 3.63) is 0 Å². The lowest BCUT2D eigenvalue weighted by Gasteiger charge is -2.36. The molecule has 0 aromatic heterocycles.